The van der Waals surface area contributed by atoms with Crippen LogP contribution in [0.2, 0.25) is 0 Å². The molecule has 1 saturated heterocycles. The highest BCUT2D eigenvalue weighted by Gasteiger charge is 2.49. The first-order chi connectivity index (χ1) is 16.4. The number of hydrogen-bond donors (Lipinski definition) is 4. The quantitative estimate of drug-likeness (QED) is 0.528. The van der Waals surface area contributed by atoms with Crippen molar-refractivity contribution < 1.29 is 28.2 Å². The van der Waals surface area contributed by atoms with E-state index >= 15 is 0 Å². The number of rotatable bonds is 5. The molecule has 1 aromatic heterocycles. The summed E-state index contributed by atoms with van der Waals surface area (Å²) >= 11 is 0. The molecule has 0 bridgehead atoms. The average molecular weight is 475 g/mol. The zero-order valence-electron chi connectivity index (χ0n) is 18.5. The van der Waals surface area contributed by atoms with Gasteiger partial charge in [-0.3, -0.25) is 4.79 Å². The molecule has 0 radical (unpaired) electrons. The first kappa shape index (κ1) is 22.7. The fourth-order valence-corrected chi connectivity index (χ4v) is 4.86. The van der Waals surface area contributed by atoms with Gasteiger partial charge >= 0.3 is 6.03 Å². The normalized spacial score (nSPS) is 27.0. The van der Waals surface area contributed by atoms with E-state index in [1.807, 2.05) is 0 Å². The van der Waals surface area contributed by atoms with Gasteiger partial charge in [-0.1, -0.05) is 0 Å². The van der Waals surface area contributed by atoms with E-state index in [-0.39, 0.29) is 18.0 Å². The number of H-pyrrole nitrogens is 1. The molecule has 2 aromatic rings. The van der Waals surface area contributed by atoms with Crippen molar-refractivity contribution in [2.45, 2.75) is 43.2 Å². The van der Waals surface area contributed by atoms with Crippen molar-refractivity contribution in [1.82, 2.24) is 20.2 Å². The molecule has 9 nitrogen and oxygen atoms in total. The van der Waals surface area contributed by atoms with Crippen LogP contribution in [0.4, 0.5) is 19.3 Å². The van der Waals surface area contributed by atoms with E-state index in [1.165, 1.54) is 6.07 Å². The molecule has 3 fully saturated rings. The standard InChI is InChI=1S/C23H27F2N5O4/c24-15-4-3-13(9-16(15)25)27-23(33)29-17-10-14(22(32)30-5-7-34-8-6-30)20(31)19(17)18-11-26-21(28-18)12-1-2-12/h3-4,9,11-12,14,17,19-20,31H,1-2,5-8,10H2,(H,26,28)(H2,27,29,33)/t14-,17+,19+,20+/m0/s1. The van der Waals surface area contributed by atoms with Gasteiger partial charge in [0.25, 0.3) is 0 Å². The molecule has 2 saturated carbocycles. The molecule has 3 aliphatic rings. The number of benzene rings is 1. The summed E-state index contributed by atoms with van der Waals surface area (Å²) < 4.78 is 32.0. The Bertz CT molecular complexity index is 1070. The van der Waals surface area contributed by atoms with Crippen LogP contribution in [0.25, 0.3) is 0 Å². The Balaban J connectivity index is 1.34. The zero-order chi connectivity index (χ0) is 23.8. The SMILES string of the molecule is O=C(Nc1ccc(F)c(F)c1)N[C@@H]1C[C@H](C(=O)N2CCOCC2)[C@@H](O)[C@H]1c1cnc(C2CC2)[nH]1. The number of aromatic nitrogens is 2. The molecule has 11 heteroatoms. The number of aliphatic hydroxyl groups is 1. The largest absolute Gasteiger partial charge is 0.392 e. The maximum atomic E-state index is 13.5. The van der Waals surface area contributed by atoms with Crippen molar-refractivity contribution in [3.05, 3.63) is 47.5 Å². The third kappa shape index (κ3) is 4.62. The summed E-state index contributed by atoms with van der Waals surface area (Å²) in [5.41, 5.74) is 0.745. The molecule has 1 aromatic carbocycles. The van der Waals surface area contributed by atoms with Crippen LogP contribution in [0.5, 0.6) is 0 Å². The van der Waals surface area contributed by atoms with Gasteiger partial charge in [-0.15, -0.1) is 0 Å². The molecule has 4 N–H and O–H groups in total. The van der Waals surface area contributed by atoms with Crippen LogP contribution in [0.15, 0.2) is 24.4 Å². The summed E-state index contributed by atoms with van der Waals surface area (Å²) in [6.07, 6.45) is 2.96. The molecule has 0 unspecified atom stereocenters. The second-order valence-electron chi connectivity index (χ2n) is 9.13. The van der Waals surface area contributed by atoms with E-state index in [9.17, 15) is 23.5 Å². The zero-order valence-corrected chi connectivity index (χ0v) is 18.5. The molecular formula is C23H27F2N5O4. The topological polar surface area (TPSA) is 120 Å². The van der Waals surface area contributed by atoms with Gasteiger partial charge < -0.3 is 30.4 Å². The number of carbonyl (C=O) groups excluding carboxylic acids is 2. The number of urea groups is 1. The number of amides is 3. The molecule has 182 valence electrons. The summed E-state index contributed by atoms with van der Waals surface area (Å²) in [6, 6.07) is 1.84. The summed E-state index contributed by atoms with van der Waals surface area (Å²) in [5.74, 6) is -2.33. The number of anilines is 1. The molecule has 2 heterocycles. The van der Waals surface area contributed by atoms with Crippen LogP contribution >= 0.6 is 0 Å². The van der Waals surface area contributed by atoms with Crippen LogP contribution in [0.3, 0.4) is 0 Å². The third-order valence-electron chi connectivity index (χ3n) is 6.79. The average Bonchev–Trinajstić information content (AvgIpc) is 3.48. The molecule has 1 aliphatic heterocycles. The minimum absolute atomic E-state index is 0.0880. The predicted octanol–water partition coefficient (Wildman–Crippen LogP) is 2.08. The fourth-order valence-electron chi connectivity index (χ4n) is 4.86. The number of carbonyl (C=O) groups is 2. The van der Waals surface area contributed by atoms with E-state index in [2.05, 4.69) is 20.6 Å². The molecule has 2 aliphatic carbocycles. The second-order valence-corrected chi connectivity index (χ2v) is 9.13. The minimum atomic E-state index is -1.08. The number of ether oxygens (including phenoxy) is 1. The van der Waals surface area contributed by atoms with Crippen LogP contribution < -0.4 is 10.6 Å². The number of aliphatic hydroxyl groups excluding tert-OH is 1. The summed E-state index contributed by atoms with van der Waals surface area (Å²) in [5, 5.41) is 16.5. The Kier molecular flexibility index (Phi) is 6.22. The van der Waals surface area contributed by atoms with Gasteiger partial charge in [-0.2, -0.15) is 0 Å². The second kappa shape index (κ2) is 9.30. The minimum Gasteiger partial charge on any atom is -0.392 e. The molecule has 3 amide bonds. The number of aromatic amines is 1. The molecule has 34 heavy (non-hydrogen) atoms. The van der Waals surface area contributed by atoms with Gasteiger partial charge in [-0.05, 0) is 31.4 Å². The number of hydrogen-bond acceptors (Lipinski definition) is 5. The van der Waals surface area contributed by atoms with Gasteiger partial charge in [0.1, 0.15) is 5.82 Å². The van der Waals surface area contributed by atoms with E-state index in [0.29, 0.717) is 37.9 Å². The first-order valence-corrected chi connectivity index (χ1v) is 11.5. The highest BCUT2D eigenvalue weighted by Crippen LogP contribution is 2.42. The lowest BCUT2D eigenvalue weighted by Gasteiger charge is -2.30. The smallest absolute Gasteiger partial charge is 0.319 e. The Morgan fingerprint density at radius 3 is 2.65 bits per heavy atom. The lowest BCUT2D eigenvalue weighted by Crippen LogP contribution is -2.45. The molecule has 4 atom stereocenters. The summed E-state index contributed by atoms with van der Waals surface area (Å²) in [4.78, 5) is 35.3. The maximum absolute atomic E-state index is 13.5. The van der Waals surface area contributed by atoms with Crippen molar-refractivity contribution in [2.75, 3.05) is 31.6 Å². The van der Waals surface area contributed by atoms with Gasteiger partial charge in [0.05, 0.1) is 25.2 Å². The molecule has 5 rings (SSSR count). The Labute approximate surface area is 194 Å². The van der Waals surface area contributed by atoms with Gasteiger partial charge in [0.15, 0.2) is 11.6 Å². The van der Waals surface area contributed by atoms with E-state index < -0.39 is 41.6 Å². The predicted molar refractivity (Wildman–Crippen MR) is 117 cm³/mol. The maximum Gasteiger partial charge on any atom is 0.319 e. The fraction of sp³-hybridized carbons (Fsp3) is 0.522. The highest BCUT2D eigenvalue weighted by molar-refractivity contribution is 5.89. The first-order valence-electron chi connectivity index (χ1n) is 11.5. The Morgan fingerprint density at radius 1 is 1.18 bits per heavy atom. The Hall–Kier alpha value is -3.05. The van der Waals surface area contributed by atoms with Crippen LogP contribution in [-0.2, 0) is 9.53 Å². The number of nitrogens with one attached hydrogen (secondary N) is 3. The Morgan fingerprint density at radius 2 is 1.94 bits per heavy atom. The van der Waals surface area contributed by atoms with E-state index in [1.54, 1.807) is 11.1 Å². The van der Waals surface area contributed by atoms with Crippen molar-refractivity contribution in [3.8, 4) is 0 Å². The van der Waals surface area contributed by atoms with Crippen molar-refractivity contribution in [2.24, 2.45) is 5.92 Å². The summed E-state index contributed by atoms with van der Waals surface area (Å²) in [6.45, 7) is 1.80. The third-order valence-corrected chi connectivity index (χ3v) is 6.79. The number of imidazole rings is 1. The molecule has 0 spiro atoms. The number of nitrogens with zero attached hydrogens (tertiary/aromatic N) is 2. The number of morpholine rings is 1. The van der Waals surface area contributed by atoms with Crippen molar-refractivity contribution >= 4 is 17.6 Å². The lowest BCUT2D eigenvalue weighted by atomic mass is 9.96. The highest BCUT2D eigenvalue weighted by atomic mass is 19.2. The summed E-state index contributed by atoms with van der Waals surface area (Å²) in [7, 11) is 0. The van der Waals surface area contributed by atoms with Gasteiger partial charge in [0.2, 0.25) is 5.91 Å². The van der Waals surface area contributed by atoms with Crippen molar-refractivity contribution in [1.29, 1.82) is 0 Å². The van der Waals surface area contributed by atoms with E-state index in [4.69, 9.17) is 4.74 Å². The molecular weight excluding hydrogens is 448 g/mol. The van der Waals surface area contributed by atoms with Crippen LogP contribution in [0, 0.1) is 17.6 Å². The van der Waals surface area contributed by atoms with Crippen LogP contribution in [0.1, 0.15) is 42.6 Å². The van der Waals surface area contributed by atoms with Crippen LogP contribution in [-0.4, -0.2) is 70.4 Å². The van der Waals surface area contributed by atoms with Crippen molar-refractivity contribution in [3.63, 3.8) is 0 Å². The number of halogens is 2. The van der Waals surface area contributed by atoms with E-state index in [0.717, 1.165) is 30.8 Å². The van der Waals surface area contributed by atoms with Gasteiger partial charge in [0, 0.05) is 54.6 Å². The monoisotopic (exact) mass is 475 g/mol. The lowest BCUT2D eigenvalue weighted by molar-refractivity contribution is -0.142. The van der Waals surface area contributed by atoms with Gasteiger partial charge in [-0.25, -0.2) is 18.6 Å².